The van der Waals surface area contributed by atoms with Crippen LogP contribution in [0.5, 0.6) is 0 Å². The first-order valence-corrected chi connectivity index (χ1v) is 9.10. The zero-order chi connectivity index (χ0) is 21.7. The Bertz CT molecular complexity index is 1040. The molecule has 0 radical (unpaired) electrons. The second-order valence-electron chi connectivity index (χ2n) is 6.66. The predicted molar refractivity (Wildman–Crippen MR) is 112 cm³/mol. The highest BCUT2D eigenvalue weighted by molar-refractivity contribution is 6.14. The summed E-state index contributed by atoms with van der Waals surface area (Å²) < 4.78 is 15.5. The van der Waals surface area contributed by atoms with Gasteiger partial charge in [-0.25, -0.2) is 9.18 Å². The first kappa shape index (κ1) is 20.7. The van der Waals surface area contributed by atoms with Crippen molar-refractivity contribution >= 4 is 22.9 Å². The number of halogens is 1. The smallest absolute Gasteiger partial charge is 0.335 e. The highest BCUT2D eigenvalue weighted by Crippen LogP contribution is 2.37. The van der Waals surface area contributed by atoms with Crippen LogP contribution >= 0.6 is 0 Å². The number of hydrogen-bond acceptors (Lipinski definition) is 4. The fourth-order valence-electron chi connectivity index (χ4n) is 3.17. The van der Waals surface area contributed by atoms with Crippen LogP contribution in [0.25, 0.3) is 5.57 Å². The number of carbonyl (C=O) groups is 1. The molecule has 0 bridgehead atoms. The van der Waals surface area contributed by atoms with Gasteiger partial charge in [0.15, 0.2) is 11.5 Å². The molecule has 152 valence electrons. The van der Waals surface area contributed by atoms with Gasteiger partial charge in [0.25, 0.3) is 5.69 Å². The Morgan fingerprint density at radius 2 is 1.47 bits per heavy atom. The summed E-state index contributed by atoms with van der Waals surface area (Å²) in [5.41, 5.74) is 0.181. The summed E-state index contributed by atoms with van der Waals surface area (Å²) in [6, 6.07) is 20.5. The second kappa shape index (κ2) is 9.00. The maximum absolute atomic E-state index is 15.5. The fraction of sp³-hybridized carbons (Fsp3) is 0.0870. The Labute approximate surface area is 172 Å². The van der Waals surface area contributed by atoms with Crippen LogP contribution in [0.1, 0.15) is 16.7 Å². The van der Waals surface area contributed by atoms with Crippen LogP contribution < -0.4 is 4.90 Å². The summed E-state index contributed by atoms with van der Waals surface area (Å²) in [5, 5.41) is 20.9. The number of anilines is 1. The van der Waals surface area contributed by atoms with Crippen molar-refractivity contribution in [3.8, 4) is 0 Å². The van der Waals surface area contributed by atoms with Crippen molar-refractivity contribution < 1.29 is 19.2 Å². The monoisotopic (exact) mass is 406 g/mol. The van der Waals surface area contributed by atoms with Crippen molar-refractivity contribution in [3.63, 3.8) is 0 Å². The van der Waals surface area contributed by atoms with Gasteiger partial charge < -0.3 is 10.0 Å². The molecule has 0 amide bonds. The Morgan fingerprint density at radius 3 is 1.90 bits per heavy atom. The molecule has 0 aliphatic heterocycles. The van der Waals surface area contributed by atoms with E-state index in [9.17, 15) is 20.0 Å². The first-order valence-electron chi connectivity index (χ1n) is 9.10. The minimum absolute atomic E-state index is 0.191. The summed E-state index contributed by atoms with van der Waals surface area (Å²) in [6.07, 6.45) is 0. The van der Waals surface area contributed by atoms with E-state index in [0.29, 0.717) is 0 Å². The van der Waals surface area contributed by atoms with Crippen LogP contribution in [-0.4, -0.2) is 16.0 Å². The number of nitrogens with zero attached hydrogens (tertiary/aromatic N) is 2. The molecule has 3 aromatic rings. The average molecular weight is 406 g/mol. The van der Waals surface area contributed by atoms with Crippen molar-refractivity contribution in [2.75, 3.05) is 4.90 Å². The van der Waals surface area contributed by atoms with E-state index in [1.54, 1.807) is 0 Å². The summed E-state index contributed by atoms with van der Waals surface area (Å²) in [5.74, 6) is -2.38. The summed E-state index contributed by atoms with van der Waals surface area (Å²) in [4.78, 5) is 23.9. The highest BCUT2D eigenvalue weighted by atomic mass is 19.1. The molecule has 0 saturated carbocycles. The average Bonchev–Trinajstić information content (AvgIpc) is 2.74. The molecule has 0 aliphatic carbocycles. The van der Waals surface area contributed by atoms with Crippen LogP contribution in [0.15, 0.2) is 79.4 Å². The van der Waals surface area contributed by atoms with Crippen LogP contribution in [0, 0.1) is 15.9 Å². The topological polar surface area (TPSA) is 83.7 Å². The number of nitro benzene ring substituents is 1. The molecule has 0 spiro atoms. The minimum atomic E-state index is -1.40. The molecular weight excluding hydrogens is 387 g/mol. The van der Waals surface area contributed by atoms with Gasteiger partial charge in [-0.05, 0) is 17.2 Å². The molecule has 0 heterocycles. The minimum Gasteiger partial charge on any atom is -0.478 e. The lowest BCUT2D eigenvalue weighted by Gasteiger charge is -2.26. The van der Waals surface area contributed by atoms with Crippen molar-refractivity contribution in [2.24, 2.45) is 0 Å². The standard InChI is InChI=1S/C23H19FN2O4/c1-16(23(27)28)19-12-13-20(26(29)30)22(21(19)24)25(14-17-8-4-2-5-9-17)15-18-10-6-3-7-11-18/h2-13H,1,14-15H2,(H,27,28). The van der Waals surface area contributed by atoms with Crippen LogP contribution in [0.2, 0.25) is 0 Å². The van der Waals surface area contributed by atoms with Crippen molar-refractivity contribution in [2.45, 2.75) is 13.1 Å². The lowest BCUT2D eigenvalue weighted by Crippen LogP contribution is -2.25. The number of rotatable bonds is 8. The van der Waals surface area contributed by atoms with Gasteiger partial charge in [0.1, 0.15) is 0 Å². The lowest BCUT2D eigenvalue weighted by molar-refractivity contribution is -0.384. The Hall–Kier alpha value is -4.00. The number of nitro groups is 1. The molecule has 0 atom stereocenters. The molecule has 0 unspecified atom stereocenters. The number of aliphatic carboxylic acids is 1. The van der Waals surface area contributed by atoms with Gasteiger partial charge in [0, 0.05) is 24.7 Å². The third kappa shape index (κ3) is 4.52. The number of benzene rings is 3. The molecule has 30 heavy (non-hydrogen) atoms. The van der Waals surface area contributed by atoms with Crippen molar-refractivity contribution in [1.82, 2.24) is 0 Å². The number of carboxylic acids is 1. The van der Waals surface area contributed by atoms with E-state index in [2.05, 4.69) is 6.58 Å². The number of carboxylic acid groups (broad SMARTS) is 1. The lowest BCUT2D eigenvalue weighted by atomic mass is 10.0. The first-order chi connectivity index (χ1) is 14.4. The molecule has 0 aliphatic rings. The Balaban J connectivity index is 2.17. The van der Waals surface area contributed by atoms with Crippen molar-refractivity contribution in [1.29, 1.82) is 0 Å². The van der Waals surface area contributed by atoms with Gasteiger partial charge in [-0.2, -0.15) is 0 Å². The van der Waals surface area contributed by atoms with E-state index in [4.69, 9.17) is 0 Å². The van der Waals surface area contributed by atoms with E-state index >= 15 is 4.39 Å². The zero-order valence-corrected chi connectivity index (χ0v) is 16.0. The van der Waals surface area contributed by atoms with E-state index in [1.165, 1.54) is 4.90 Å². The second-order valence-corrected chi connectivity index (χ2v) is 6.66. The summed E-state index contributed by atoms with van der Waals surface area (Å²) in [7, 11) is 0. The molecular formula is C23H19FN2O4. The SMILES string of the molecule is C=C(C(=O)O)c1ccc([N+](=O)[O-])c(N(Cc2ccccc2)Cc2ccccc2)c1F. The van der Waals surface area contributed by atoms with Gasteiger partial charge in [-0.1, -0.05) is 67.2 Å². The maximum atomic E-state index is 15.5. The van der Waals surface area contributed by atoms with Gasteiger partial charge in [0.05, 0.1) is 10.5 Å². The normalized spacial score (nSPS) is 10.4. The van der Waals surface area contributed by atoms with Crippen molar-refractivity contribution in [3.05, 3.63) is 112 Å². The van der Waals surface area contributed by atoms with Gasteiger partial charge in [-0.15, -0.1) is 0 Å². The van der Waals surface area contributed by atoms with Gasteiger partial charge in [-0.3, -0.25) is 10.1 Å². The Morgan fingerprint density at radius 1 is 0.967 bits per heavy atom. The van der Waals surface area contributed by atoms with Gasteiger partial charge in [0.2, 0.25) is 0 Å². The van der Waals surface area contributed by atoms with Crippen LogP contribution in [0.4, 0.5) is 15.8 Å². The molecule has 3 rings (SSSR count). The quantitative estimate of drug-likeness (QED) is 0.322. The van der Waals surface area contributed by atoms with E-state index in [0.717, 1.165) is 23.3 Å². The van der Waals surface area contributed by atoms with E-state index < -0.39 is 28.0 Å². The molecule has 0 saturated heterocycles. The molecule has 0 aromatic heterocycles. The molecule has 0 fully saturated rings. The highest BCUT2D eigenvalue weighted by Gasteiger charge is 2.28. The molecule has 7 heteroatoms. The third-order valence-corrected chi connectivity index (χ3v) is 4.62. The zero-order valence-electron chi connectivity index (χ0n) is 16.0. The molecule has 3 aromatic carbocycles. The fourth-order valence-corrected chi connectivity index (χ4v) is 3.17. The Kier molecular flexibility index (Phi) is 6.22. The predicted octanol–water partition coefficient (Wildman–Crippen LogP) is 5.04. The van der Waals surface area contributed by atoms with Gasteiger partial charge >= 0.3 is 5.97 Å². The summed E-state index contributed by atoms with van der Waals surface area (Å²) in [6.45, 7) is 3.78. The largest absolute Gasteiger partial charge is 0.478 e. The maximum Gasteiger partial charge on any atom is 0.335 e. The van der Waals surface area contributed by atoms with E-state index in [-0.39, 0.29) is 24.3 Å². The van der Waals surface area contributed by atoms with Crippen LogP contribution in [0.3, 0.4) is 0 Å². The molecule has 6 nitrogen and oxygen atoms in total. The third-order valence-electron chi connectivity index (χ3n) is 4.62. The van der Waals surface area contributed by atoms with E-state index in [1.807, 2.05) is 60.7 Å². The van der Waals surface area contributed by atoms with Crippen LogP contribution in [-0.2, 0) is 17.9 Å². The number of hydrogen-bond donors (Lipinski definition) is 1. The molecule has 1 N–H and O–H groups in total. The summed E-state index contributed by atoms with van der Waals surface area (Å²) >= 11 is 0.